The van der Waals surface area contributed by atoms with E-state index in [-0.39, 0.29) is 5.91 Å². The van der Waals surface area contributed by atoms with Gasteiger partial charge in [-0.3, -0.25) is 4.79 Å². The number of aliphatic hydroxyl groups is 1. The fourth-order valence-corrected chi connectivity index (χ4v) is 2.10. The molecule has 1 heterocycles. The van der Waals surface area contributed by atoms with E-state index in [1.165, 1.54) is 6.08 Å². The highest BCUT2D eigenvalue weighted by atomic mass is 16.3. The van der Waals surface area contributed by atoms with Crippen LogP contribution in [0.2, 0.25) is 0 Å². The third kappa shape index (κ3) is 3.67. The predicted octanol–water partition coefficient (Wildman–Crippen LogP) is 1.55. The van der Waals surface area contributed by atoms with Gasteiger partial charge >= 0.3 is 0 Å². The molecule has 1 aromatic rings. The van der Waals surface area contributed by atoms with Gasteiger partial charge in [-0.2, -0.15) is 5.26 Å². The summed E-state index contributed by atoms with van der Waals surface area (Å²) >= 11 is 0. The largest absolute Gasteiger partial charge is 0.391 e. The second-order valence-corrected chi connectivity index (χ2v) is 4.65. The molecule has 98 valence electrons. The van der Waals surface area contributed by atoms with Crippen molar-refractivity contribution < 1.29 is 9.90 Å². The van der Waals surface area contributed by atoms with E-state index in [0.29, 0.717) is 18.7 Å². The Kier molecular flexibility index (Phi) is 4.32. The van der Waals surface area contributed by atoms with Crippen LogP contribution in [0, 0.1) is 11.3 Å². The lowest BCUT2D eigenvalue weighted by Crippen LogP contribution is -2.41. The van der Waals surface area contributed by atoms with E-state index in [2.05, 4.69) is 0 Å². The Balaban J connectivity index is 1.97. The number of nitriles is 1. The van der Waals surface area contributed by atoms with Crippen LogP contribution < -0.4 is 0 Å². The van der Waals surface area contributed by atoms with Gasteiger partial charge in [0.15, 0.2) is 0 Å². The number of likely N-dealkylation sites (tertiary alicyclic amines) is 1. The number of nitrogens with zero attached hydrogens (tertiary/aromatic N) is 2. The Morgan fingerprint density at radius 2 is 2.16 bits per heavy atom. The van der Waals surface area contributed by atoms with Crippen LogP contribution in [-0.2, 0) is 4.79 Å². The first kappa shape index (κ1) is 13.3. The van der Waals surface area contributed by atoms with Crippen LogP contribution in [0.1, 0.15) is 24.0 Å². The standard InChI is InChI=1S/C15H16N2O2/c16-10-13-5-3-12(4-6-13)7-8-15(19)17-9-1-2-14(18)11-17/h3-8,14,18H,1-2,9,11H2. The first-order valence-corrected chi connectivity index (χ1v) is 6.34. The number of hydrogen-bond donors (Lipinski definition) is 1. The van der Waals surface area contributed by atoms with E-state index in [9.17, 15) is 9.90 Å². The van der Waals surface area contributed by atoms with Crippen molar-refractivity contribution in [1.29, 1.82) is 5.26 Å². The van der Waals surface area contributed by atoms with Crippen molar-refractivity contribution in [1.82, 2.24) is 4.90 Å². The fraction of sp³-hybridized carbons (Fsp3) is 0.333. The lowest BCUT2D eigenvalue weighted by Gasteiger charge is -2.29. The topological polar surface area (TPSA) is 64.3 Å². The van der Waals surface area contributed by atoms with Crippen LogP contribution in [0.25, 0.3) is 6.08 Å². The maximum atomic E-state index is 11.9. The van der Waals surface area contributed by atoms with Crippen LogP contribution in [0.5, 0.6) is 0 Å². The first-order chi connectivity index (χ1) is 9.19. The van der Waals surface area contributed by atoms with Crippen molar-refractivity contribution in [3.63, 3.8) is 0 Å². The van der Waals surface area contributed by atoms with Gasteiger partial charge in [0, 0.05) is 19.2 Å². The molecule has 0 aliphatic carbocycles. The summed E-state index contributed by atoms with van der Waals surface area (Å²) in [5.41, 5.74) is 1.48. The number of amides is 1. The second-order valence-electron chi connectivity index (χ2n) is 4.65. The van der Waals surface area contributed by atoms with Gasteiger partial charge in [0.1, 0.15) is 0 Å². The maximum Gasteiger partial charge on any atom is 0.246 e. The maximum absolute atomic E-state index is 11.9. The summed E-state index contributed by atoms with van der Waals surface area (Å²) in [4.78, 5) is 13.6. The van der Waals surface area contributed by atoms with E-state index in [1.54, 1.807) is 35.2 Å². The van der Waals surface area contributed by atoms with Gasteiger partial charge in [0.05, 0.1) is 17.7 Å². The van der Waals surface area contributed by atoms with Crippen LogP contribution in [-0.4, -0.2) is 35.1 Å². The minimum absolute atomic E-state index is 0.0805. The number of rotatable bonds is 2. The molecule has 2 rings (SSSR count). The minimum atomic E-state index is -0.402. The molecule has 1 atom stereocenters. The average molecular weight is 256 g/mol. The summed E-state index contributed by atoms with van der Waals surface area (Å²) in [6, 6.07) is 9.08. The molecule has 0 saturated carbocycles. The Bertz CT molecular complexity index is 514. The minimum Gasteiger partial charge on any atom is -0.391 e. The first-order valence-electron chi connectivity index (χ1n) is 6.34. The molecule has 1 N–H and O–H groups in total. The van der Waals surface area contributed by atoms with E-state index >= 15 is 0 Å². The average Bonchev–Trinajstić information content (AvgIpc) is 2.45. The van der Waals surface area contributed by atoms with Crippen LogP contribution in [0.4, 0.5) is 0 Å². The molecule has 1 aromatic carbocycles. The summed E-state index contributed by atoms with van der Waals surface area (Å²) in [7, 11) is 0. The van der Waals surface area contributed by atoms with Gasteiger partial charge in [-0.05, 0) is 36.6 Å². The summed E-state index contributed by atoms with van der Waals surface area (Å²) in [5, 5.41) is 18.2. The van der Waals surface area contributed by atoms with Gasteiger partial charge in [0.2, 0.25) is 5.91 Å². The molecule has 1 aliphatic heterocycles. The highest BCUT2D eigenvalue weighted by Crippen LogP contribution is 2.11. The van der Waals surface area contributed by atoms with Gasteiger partial charge in [0.25, 0.3) is 0 Å². The second kappa shape index (κ2) is 6.17. The number of hydrogen-bond acceptors (Lipinski definition) is 3. The highest BCUT2D eigenvalue weighted by molar-refractivity contribution is 5.91. The molecule has 4 nitrogen and oxygen atoms in total. The SMILES string of the molecule is N#Cc1ccc(C=CC(=O)N2CCCC(O)C2)cc1. The molecule has 4 heteroatoms. The molecule has 0 bridgehead atoms. The van der Waals surface area contributed by atoms with Crippen LogP contribution in [0.3, 0.4) is 0 Å². The molecular formula is C15H16N2O2. The number of carbonyl (C=O) groups is 1. The monoisotopic (exact) mass is 256 g/mol. The number of carbonyl (C=O) groups excluding carboxylic acids is 1. The molecule has 19 heavy (non-hydrogen) atoms. The molecule has 0 spiro atoms. The quantitative estimate of drug-likeness (QED) is 0.817. The summed E-state index contributed by atoms with van der Waals surface area (Å²) in [6.07, 6.45) is 4.45. The van der Waals surface area contributed by atoms with Gasteiger partial charge in [-0.15, -0.1) is 0 Å². The predicted molar refractivity (Wildman–Crippen MR) is 72.0 cm³/mol. The van der Waals surface area contributed by atoms with Crippen LogP contribution in [0.15, 0.2) is 30.3 Å². The molecule has 1 saturated heterocycles. The third-order valence-corrected chi connectivity index (χ3v) is 3.17. The number of piperidine rings is 1. The fourth-order valence-electron chi connectivity index (χ4n) is 2.10. The zero-order valence-electron chi connectivity index (χ0n) is 10.6. The van der Waals surface area contributed by atoms with E-state index < -0.39 is 6.10 Å². The smallest absolute Gasteiger partial charge is 0.246 e. The molecule has 1 aliphatic rings. The number of aliphatic hydroxyl groups excluding tert-OH is 1. The lowest BCUT2D eigenvalue weighted by molar-refractivity contribution is -0.128. The third-order valence-electron chi connectivity index (χ3n) is 3.17. The van der Waals surface area contributed by atoms with E-state index in [4.69, 9.17) is 5.26 Å². The zero-order chi connectivity index (χ0) is 13.7. The molecule has 0 radical (unpaired) electrons. The van der Waals surface area contributed by atoms with Crippen molar-refractivity contribution in [3.05, 3.63) is 41.5 Å². The molecule has 1 amide bonds. The van der Waals surface area contributed by atoms with Gasteiger partial charge < -0.3 is 10.0 Å². The Morgan fingerprint density at radius 1 is 1.42 bits per heavy atom. The van der Waals surface area contributed by atoms with Crippen molar-refractivity contribution >= 4 is 12.0 Å². The highest BCUT2D eigenvalue weighted by Gasteiger charge is 2.20. The van der Waals surface area contributed by atoms with Crippen molar-refractivity contribution in [2.75, 3.05) is 13.1 Å². The summed E-state index contributed by atoms with van der Waals surface area (Å²) in [5.74, 6) is -0.0805. The van der Waals surface area contributed by atoms with E-state index in [1.807, 2.05) is 6.07 Å². The Hall–Kier alpha value is -2.12. The van der Waals surface area contributed by atoms with Crippen molar-refractivity contribution in [2.24, 2.45) is 0 Å². The van der Waals surface area contributed by atoms with Crippen LogP contribution >= 0.6 is 0 Å². The Labute approximate surface area is 112 Å². The molecule has 0 aromatic heterocycles. The molecule has 1 unspecified atom stereocenters. The molecular weight excluding hydrogens is 240 g/mol. The molecule has 1 fully saturated rings. The van der Waals surface area contributed by atoms with E-state index in [0.717, 1.165) is 18.4 Å². The van der Waals surface area contributed by atoms with Crippen molar-refractivity contribution in [3.8, 4) is 6.07 Å². The van der Waals surface area contributed by atoms with Gasteiger partial charge in [-0.25, -0.2) is 0 Å². The lowest BCUT2D eigenvalue weighted by atomic mass is 10.1. The number of benzene rings is 1. The number of β-amino-alcohol motifs (C(OH)–C–C–N with tert-alkyl or cyclic N) is 1. The summed E-state index contributed by atoms with van der Waals surface area (Å²) < 4.78 is 0. The summed E-state index contributed by atoms with van der Waals surface area (Å²) in [6.45, 7) is 1.12. The van der Waals surface area contributed by atoms with Gasteiger partial charge in [-0.1, -0.05) is 12.1 Å². The normalized spacial score (nSPS) is 19.4. The Morgan fingerprint density at radius 3 is 2.79 bits per heavy atom. The zero-order valence-corrected chi connectivity index (χ0v) is 10.6. The van der Waals surface area contributed by atoms with Crippen molar-refractivity contribution in [2.45, 2.75) is 18.9 Å².